The van der Waals surface area contributed by atoms with Gasteiger partial charge in [-0.15, -0.1) is 10.2 Å². The van der Waals surface area contributed by atoms with E-state index in [1.807, 2.05) is 11.6 Å². The average molecular weight is 244 g/mol. The molecule has 1 aromatic heterocycles. The third kappa shape index (κ3) is 3.21. The Labute approximate surface area is 98.6 Å². The molecule has 0 saturated carbocycles. The van der Waals surface area contributed by atoms with E-state index in [1.165, 1.54) is 18.9 Å². The third-order valence-corrected chi connectivity index (χ3v) is 3.21. The molecule has 0 radical (unpaired) electrons. The van der Waals surface area contributed by atoms with Crippen molar-refractivity contribution in [2.75, 3.05) is 12.9 Å². The van der Waals surface area contributed by atoms with E-state index in [4.69, 9.17) is 5.73 Å². The molecule has 0 aliphatic carbocycles. The maximum atomic E-state index is 11.3. The van der Waals surface area contributed by atoms with Crippen molar-refractivity contribution in [3.63, 3.8) is 0 Å². The van der Waals surface area contributed by atoms with E-state index in [1.54, 1.807) is 13.3 Å². The molecule has 1 rings (SSSR count). The van der Waals surface area contributed by atoms with Crippen molar-refractivity contribution < 1.29 is 9.53 Å². The molecule has 7 heteroatoms. The average Bonchev–Trinajstić information content (AvgIpc) is 2.63. The fourth-order valence-electron chi connectivity index (χ4n) is 1.09. The second-order valence-corrected chi connectivity index (χ2v) is 4.79. The quantitative estimate of drug-likeness (QED) is 0.588. The minimum atomic E-state index is -0.944. The van der Waals surface area contributed by atoms with Gasteiger partial charge in [0.2, 0.25) is 0 Å². The molecule has 1 unspecified atom stereocenters. The molecular formula is C9H16N4O2S. The Morgan fingerprint density at radius 3 is 2.94 bits per heavy atom. The van der Waals surface area contributed by atoms with Gasteiger partial charge in [0.1, 0.15) is 11.9 Å². The second-order valence-electron chi connectivity index (χ2n) is 3.73. The van der Waals surface area contributed by atoms with Crippen LogP contribution < -0.4 is 5.73 Å². The molecule has 1 atom stereocenters. The molecule has 0 aliphatic heterocycles. The minimum Gasteiger partial charge on any atom is -0.468 e. The van der Waals surface area contributed by atoms with Crippen LogP contribution in [-0.4, -0.2) is 39.1 Å². The van der Waals surface area contributed by atoms with Gasteiger partial charge in [-0.3, -0.25) is 4.79 Å². The van der Waals surface area contributed by atoms with Crippen LogP contribution in [0.3, 0.4) is 0 Å². The lowest BCUT2D eigenvalue weighted by molar-refractivity contribution is -0.146. The Morgan fingerprint density at radius 1 is 1.75 bits per heavy atom. The number of esters is 1. The summed E-state index contributed by atoms with van der Waals surface area (Å²) in [6, 6.07) is 0. The van der Waals surface area contributed by atoms with Crippen molar-refractivity contribution in [2.45, 2.75) is 24.0 Å². The standard InChI is InChI=1S/C9H16N4O2S/c1-9(10,7(14)15-3)4-5-16-8-12-11-6-13(8)2/h6H,4-5,10H2,1-3H3. The maximum absolute atomic E-state index is 11.3. The highest BCUT2D eigenvalue weighted by Crippen LogP contribution is 2.18. The number of nitrogens with two attached hydrogens (primary N) is 1. The van der Waals surface area contributed by atoms with Gasteiger partial charge in [0, 0.05) is 12.8 Å². The van der Waals surface area contributed by atoms with Crippen LogP contribution >= 0.6 is 11.8 Å². The van der Waals surface area contributed by atoms with Crippen LogP contribution in [0.4, 0.5) is 0 Å². The van der Waals surface area contributed by atoms with Gasteiger partial charge in [0.15, 0.2) is 5.16 Å². The summed E-state index contributed by atoms with van der Waals surface area (Å²) in [6.45, 7) is 1.66. The number of carbonyl (C=O) groups is 1. The summed E-state index contributed by atoms with van der Waals surface area (Å²) < 4.78 is 6.44. The van der Waals surface area contributed by atoms with Gasteiger partial charge >= 0.3 is 5.97 Å². The van der Waals surface area contributed by atoms with Crippen molar-refractivity contribution in [1.29, 1.82) is 0 Å². The molecule has 16 heavy (non-hydrogen) atoms. The van der Waals surface area contributed by atoms with Crippen LogP contribution in [0.5, 0.6) is 0 Å². The number of hydrogen-bond acceptors (Lipinski definition) is 6. The summed E-state index contributed by atoms with van der Waals surface area (Å²) in [4.78, 5) is 11.3. The summed E-state index contributed by atoms with van der Waals surface area (Å²) in [5.74, 6) is 0.292. The molecule has 0 saturated heterocycles. The Hall–Kier alpha value is -1.08. The van der Waals surface area contributed by atoms with Gasteiger partial charge in [-0.25, -0.2) is 0 Å². The van der Waals surface area contributed by atoms with E-state index >= 15 is 0 Å². The highest BCUT2D eigenvalue weighted by molar-refractivity contribution is 7.99. The highest BCUT2D eigenvalue weighted by Gasteiger charge is 2.28. The van der Waals surface area contributed by atoms with Crippen molar-refractivity contribution in [2.24, 2.45) is 12.8 Å². The largest absolute Gasteiger partial charge is 0.468 e. The van der Waals surface area contributed by atoms with Gasteiger partial charge in [0.05, 0.1) is 7.11 Å². The lowest BCUT2D eigenvalue weighted by Gasteiger charge is -2.20. The van der Waals surface area contributed by atoms with Crippen molar-refractivity contribution in [1.82, 2.24) is 14.8 Å². The van der Waals surface area contributed by atoms with Crippen LogP contribution in [0.2, 0.25) is 0 Å². The van der Waals surface area contributed by atoms with E-state index in [0.717, 1.165) is 5.16 Å². The summed E-state index contributed by atoms with van der Waals surface area (Å²) in [5, 5.41) is 8.48. The molecule has 1 aromatic rings. The van der Waals surface area contributed by atoms with Gasteiger partial charge in [-0.2, -0.15) is 0 Å². The second kappa shape index (κ2) is 5.31. The van der Waals surface area contributed by atoms with Crippen LogP contribution in [0.15, 0.2) is 11.5 Å². The molecule has 6 nitrogen and oxygen atoms in total. The first-order valence-corrected chi connectivity index (χ1v) is 5.80. The normalized spacial score (nSPS) is 14.5. The van der Waals surface area contributed by atoms with Crippen LogP contribution in [0.25, 0.3) is 0 Å². The monoisotopic (exact) mass is 244 g/mol. The molecule has 0 spiro atoms. The topological polar surface area (TPSA) is 83.0 Å². The van der Waals surface area contributed by atoms with Crippen molar-refractivity contribution >= 4 is 17.7 Å². The molecule has 2 N–H and O–H groups in total. The zero-order valence-electron chi connectivity index (χ0n) is 9.64. The number of nitrogens with zero attached hydrogens (tertiary/aromatic N) is 3. The molecule has 0 fully saturated rings. The molecule has 0 amide bonds. The van der Waals surface area contributed by atoms with E-state index in [9.17, 15) is 4.79 Å². The maximum Gasteiger partial charge on any atom is 0.325 e. The molecule has 1 heterocycles. The number of rotatable bonds is 5. The first-order chi connectivity index (χ1) is 7.47. The fourth-order valence-corrected chi connectivity index (χ4v) is 2.16. The first-order valence-electron chi connectivity index (χ1n) is 4.81. The number of methoxy groups -OCH3 is 1. The number of aromatic nitrogens is 3. The number of hydrogen-bond donors (Lipinski definition) is 1. The summed E-state index contributed by atoms with van der Waals surface area (Å²) in [5.41, 5.74) is 4.87. The van der Waals surface area contributed by atoms with Gasteiger partial charge in [-0.05, 0) is 13.3 Å². The molecule has 0 aromatic carbocycles. The smallest absolute Gasteiger partial charge is 0.325 e. The molecular weight excluding hydrogens is 228 g/mol. The lowest BCUT2D eigenvalue weighted by Crippen LogP contribution is -2.46. The van der Waals surface area contributed by atoms with Crippen LogP contribution in [0.1, 0.15) is 13.3 Å². The molecule has 90 valence electrons. The van der Waals surface area contributed by atoms with E-state index in [2.05, 4.69) is 14.9 Å². The summed E-state index contributed by atoms with van der Waals surface area (Å²) in [7, 11) is 3.20. The Balaban J connectivity index is 2.41. The van der Waals surface area contributed by atoms with E-state index in [-0.39, 0.29) is 0 Å². The van der Waals surface area contributed by atoms with Gasteiger partial charge < -0.3 is 15.0 Å². The lowest BCUT2D eigenvalue weighted by atomic mass is 10.0. The SMILES string of the molecule is COC(=O)C(C)(N)CCSc1nncn1C. The van der Waals surface area contributed by atoms with E-state index < -0.39 is 11.5 Å². The molecule has 0 bridgehead atoms. The van der Waals surface area contributed by atoms with Crippen molar-refractivity contribution in [3.8, 4) is 0 Å². The van der Waals surface area contributed by atoms with Crippen molar-refractivity contribution in [3.05, 3.63) is 6.33 Å². The van der Waals surface area contributed by atoms with Gasteiger partial charge in [0.25, 0.3) is 0 Å². The van der Waals surface area contributed by atoms with Gasteiger partial charge in [-0.1, -0.05) is 11.8 Å². The Morgan fingerprint density at radius 2 is 2.44 bits per heavy atom. The van der Waals surface area contributed by atoms with Crippen LogP contribution in [-0.2, 0) is 16.6 Å². The zero-order valence-corrected chi connectivity index (χ0v) is 10.5. The minimum absolute atomic E-state index is 0.397. The van der Waals surface area contributed by atoms with E-state index in [0.29, 0.717) is 12.2 Å². The number of carbonyl (C=O) groups excluding carboxylic acids is 1. The van der Waals surface area contributed by atoms with Crippen LogP contribution in [0, 0.1) is 0 Å². The number of thioether (sulfide) groups is 1. The number of aryl methyl sites for hydroxylation is 1. The first kappa shape index (κ1) is 13.0. The zero-order chi connectivity index (χ0) is 12.2. The third-order valence-electron chi connectivity index (χ3n) is 2.17. The molecule has 0 aliphatic rings. The summed E-state index contributed by atoms with van der Waals surface area (Å²) >= 11 is 1.51. The fraction of sp³-hybridized carbons (Fsp3) is 0.667. The predicted molar refractivity (Wildman–Crippen MR) is 61.0 cm³/mol. The Bertz CT molecular complexity index is 364. The Kier molecular flexibility index (Phi) is 4.31. The predicted octanol–water partition coefficient (Wildman–Crippen LogP) is 0.188. The highest BCUT2D eigenvalue weighted by atomic mass is 32.2. The number of ether oxygens (including phenoxy) is 1. The summed E-state index contributed by atoms with van der Waals surface area (Å²) in [6.07, 6.45) is 2.15.